The number of pyridine rings is 1. The summed E-state index contributed by atoms with van der Waals surface area (Å²) in [4.78, 5) is 13.4. The number of nitrogens with one attached hydrogen (secondary N) is 1. The molecule has 0 atom stereocenters. The molecule has 1 aromatic heterocycles. The first-order chi connectivity index (χ1) is 9.34. The number of hydrogen-bond donors (Lipinski definition) is 1. The first kappa shape index (κ1) is 14.6. The maximum absolute atomic E-state index is 12.5. The first-order valence-corrected chi connectivity index (χ1v) is 7.58. The number of hydrogen-bond acceptors (Lipinski definition) is 3. The highest BCUT2D eigenvalue weighted by atomic mass is 35.5. The van der Waals surface area contributed by atoms with Gasteiger partial charge in [0.2, 0.25) is 0 Å². The van der Waals surface area contributed by atoms with Gasteiger partial charge >= 0.3 is 0 Å². The Morgan fingerprint density at radius 1 is 1.25 bits per heavy atom. The number of para-hydroxylation sites is 1. The van der Waals surface area contributed by atoms with Crippen LogP contribution in [0.25, 0.3) is 0 Å². The fourth-order valence-electron chi connectivity index (χ4n) is 1.79. The summed E-state index contributed by atoms with van der Waals surface area (Å²) in [6.45, 7) is 1.82. The number of anilines is 1. The van der Waals surface area contributed by atoms with Crippen molar-refractivity contribution in [2.75, 3.05) is 11.4 Å². The van der Waals surface area contributed by atoms with Crippen molar-refractivity contribution >= 4 is 27.3 Å². The van der Waals surface area contributed by atoms with E-state index in [1.54, 1.807) is 12.1 Å². The molecule has 0 saturated heterocycles. The smallest absolute Gasteiger partial charge is 0.266 e. The van der Waals surface area contributed by atoms with Crippen LogP contribution in [-0.2, 0) is 10.0 Å². The molecule has 0 amide bonds. The van der Waals surface area contributed by atoms with Crippen LogP contribution in [0.15, 0.2) is 46.2 Å². The van der Waals surface area contributed by atoms with Gasteiger partial charge in [0.1, 0.15) is 9.92 Å². The summed E-state index contributed by atoms with van der Waals surface area (Å²) in [5, 5.41) is -0.163. The molecule has 1 heterocycles. The number of aromatic nitrogens is 1. The molecule has 0 aliphatic rings. The maximum atomic E-state index is 12.5. The number of nitrogens with zero attached hydrogens (tertiary/aromatic N) is 1. The third-order valence-corrected chi connectivity index (χ3v) is 4.97. The summed E-state index contributed by atoms with van der Waals surface area (Å²) in [5.41, 5.74) is 0.869. The van der Waals surface area contributed by atoms with Crippen molar-refractivity contribution in [3.63, 3.8) is 0 Å². The van der Waals surface area contributed by atoms with Crippen LogP contribution in [0.1, 0.15) is 5.56 Å². The Labute approximate surface area is 121 Å². The van der Waals surface area contributed by atoms with Crippen molar-refractivity contribution in [2.24, 2.45) is 0 Å². The van der Waals surface area contributed by atoms with E-state index in [0.29, 0.717) is 5.69 Å². The number of benzene rings is 1. The van der Waals surface area contributed by atoms with E-state index in [4.69, 9.17) is 11.6 Å². The molecule has 0 aliphatic heterocycles. The van der Waals surface area contributed by atoms with Gasteiger partial charge in [0.05, 0.1) is 5.69 Å². The minimum absolute atomic E-state index is 0.0622. The van der Waals surface area contributed by atoms with Crippen molar-refractivity contribution in [3.05, 3.63) is 57.5 Å². The number of halogens is 1. The number of rotatable bonds is 3. The predicted molar refractivity (Wildman–Crippen MR) is 78.8 cm³/mol. The zero-order valence-corrected chi connectivity index (χ0v) is 12.5. The molecular formula is C13H13ClN2O3S. The van der Waals surface area contributed by atoms with E-state index in [-0.39, 0.29) is 9.92 Å². The molecule has 1 aromatic carbocycles. The highest BCUT2D eigenvalue weighted by molar-refractivity contribution is 7.92. The molecular weight excluding hydrogens is 300 g/mol. The zero-order valence-electron chi connectivity index (χ0n) is 10.9. The van der Waals surface area contributed by atoms with E-state index in [2.05, 4.69) is 4.98 Å². The molecule has 106 valence electrons. The van der Waals surface area contributed by atoms with Gasteiger partial charge in [0, 0.05) is 13.2 Å². The quantitative estimate of drug-likeness (QED) is 0.944. The van der Waals surface area contributed by atoms with Gasteiger partial charge in [-0.25, -0.2) is 8.42 Å². The average Bonchev–Trinajstić information content (AvgIpc) is 2.41. The Balaban J connectivity index is 2.52. The third kappa shape index (κ3) is 2.57. The third-order valence-electron chi connectivity index (χ3n) is 2.94. The minimum atomic E-state index is -3.78. The molecule has 1 N–H and O–H groups in total. The Bertz CT molecular complexity index is 799. The molecule has 5 nitrogen and oxygen atoms in total. The Morgan fingerprint density at radius 2 is 1.90 bits per heavy atom. The molecule has 2 aromatic rings. The largest absolute Gasteiger partial charge is 0.326 e. The number of H-pyrrole nitrogens is 1. The minimum Gasteiger partial charge on any atom is -0.326 e. The van der Waals surface area contributed by atoms with Gasteiger partial charge in [-0.1, -0.05) is 29.8 Å². The lowest BCUT2D eigenvalue weighted by Gasteiger charge is -2.21. The molecule has 0 aliphatic carbocycles. The van der Waals surface area contributed by atoms with Crippen LogP contribution in [0.5, 0.6) is 0 Å². The Morgan fingerprint density at radius 3 is 2.50 bits per heavy atom. The maximum Gasteiger partial charge on any atom is 0.266 e. The summed E-state index contributed by atoms with van der Waals surface area (Å²) in [7, 11) is -2.32. The second-order valence-corrected chi connectivity index (χ2v) is 6.65. The van der Waals surface area contributed by atoms with Crippen LogP contribution >= 0.6 is 11.6 Å². The molecule has 0 radical (unpaired) electrons. The average molecular weight is 313 g/mol. The summed E-state index contributed by atoms with van der Waals surface area (Å²) < 4.78 is 26.1. The highest BCUT2D eigenvalue weighted by Gasteiger charge is 2.23. The summed E-state index contributed by atoms with van der Waals surface area (Å²) in [6.07, 6.45) is 1.14. The van der Waals surface area contributed by atoms with Crippen molar-refractivity contribution in [1.29, 1.82) is 0 Å². The van der Waals surface area contributed by atoms with Crippen LogP contribution in [-0.4, -0.2) is 20.4 Å². The van der Waals surface area contributed by atoms with Crippen molar-refractivity contribution in [2.45, 2.75) is 11.8 Å². The first-order valence-electron chi connectivity index (χ1n) is 5.77. The molecule has 2 rings (SSSR count). The lowest BCUT2D eigenvalue weighted by Crippen LogP contribution is -2.28. The van der Waals surface area contributed by atoms with Gasteiger partial charge < -0.3 is 4.98 Å². The molecule has 0 spiro atoms. The molecule has 7 heteroatoms. The van der Waals surface area contributed by atoms with E-state index in [1.165, 1.54) is 7.05 Å². The highest BCUT2D eigenvalue weighted by Crippen LogP contribution is 2.24. The fraction of sp³-hybridized carbons (Fsp3) is 0.154. The summed E-state index contributed by atoms with van der Waals surface area (Å²) in [6, 6.07) is 8.26. The van der Waals surface area contributed by atoms with Gasteiger partial charge in [-0.2, -0.15) is 0 Å². The normalized spacial score (nSPS) is 11.3. The van der Waals surface area contributed by atoms with Crippen LogP contribution in [0.3, 0.4) is 0 Å². The van der Waals surface area contributed by atoms with Crippen LogP contribution < -0.4 is 9.86 Å². The van der Waals surface area contributed by atoms with Crippen LogP contribution in [0.2, 0.25) is 5.02 Å². The van der Waals surface area contributed by atoms with Crippen molar-refractivity contribution in [1.82, 2.24) is 4.98 Å². The monoisotopic (exact) mass is 312 g/mol. The second kappa shape index (κ2) is 5.30. The molecule has 20 heavy (non-hydrogen) atoms. The molecule has 0 bridgehead atoms. The number of aromatic amines is 1. The fourth-order valence-corrected chi connectivity index (χ4v) is 3.28. The van der Waals surface area contributed by atoms with Gasteiger partial charge in [-0.15, -0.1) is 0 Å². The standard InChI is InChI=1S/C13H13ClN2O3S/c1-9-5-3-4-6-12(9)16(2)20(18,19)10-7-11(14)13(17)15-8-10/h3-8H,1-2H3,(H,15,17). The van der Waals surface area contributed by atoms with E-state index in [1.807, 2.05) is 19.1 Å². The van der Waals surface area contributed by atoms with E-state index in [9.17, 15) is 13.2 Å². The number of aryl methyl sites for hydroxylation is 1. The second-order valence-electron chi connectivity index (χ2n) is 4.27. The Kier molecular flexibility index (Phi) is 3.87. The zero-order chi connectivity index (χ0) is 14.9. The van der Waals surface area contributed by atoms with E-state index < -0.39 is 15.6 Å². The van der Waals surface area contributed by atoms with Crippen molar-refractivity contribution in [3.8, 4) is 0 Å². The molecule has 0 saturated carbocycles. The van der Waals surface area contributed by atoms with Crippen molar-refractivity contribution < 1.29 is 8.42 Å². The van der Waals surface area contributed by atoms with E-state index in [0.717, 1.165) is 22.1 Å². The van der Waals surface area contributed by atoms with Crippen LogP contribution in [0, 0.1) is 6.92 Å². The van der Waals surface area contributed by atoms with Gasteiger partial charge in [0.25, 0.3) is 15.6 Å². The Hall–Kier alpha value is -1.79. The van der Waals surface area contributed by atoms with Gasteiger partial charge in [-0.3, -0.25) is 9.10 Å². The SMILES string of the molecule is Cc1ccccc1N(C)S(=O)(=O)c1c[nH]c(=O)c(Cl)c1. The summed E-state index contributed by atoms with van der Waals surface area (Å²) >= 11 is 5.68. The predicted octanol–water partition coefficient (Wildman–Crippen LogP) is 2.16. The molecule has 0 fully saturated rings. The van der Waals surface area contributed by atoms with Gasteiger partial charge in [-0.05, 0) is 24.6 Å². The number of sulfonamides is 1. The topological polar surface area (TPSA) is 70.2 Å². The molecule has 0 unspecified atom stereocenters. The van der Waals surface area contributed by atoms with E-state index >= 15 is 0 Å². The van der Waals surface area contributed by atoms with Gasteiger partial charge in [0.15, 0.2) is 0 Å². The lowest BCUT2D eigenvalue weighted by atomic mass is 10.2. The van der Waals surface area contributed by atoms with Crippen LogP contribution in [0.4, 0.5) is 5.69 Å². The summed E-state index contributed by atoms with van der Waals surface area (Å²) in [5.74, 6) is 0. The lowest BCUT2D eigenvalue weighted by molar-refractivity contribution is 0.594.